The summed E-state index contributed by atoms with van der Waals surface area (Å²) >= 11 is 5.82. The molecule has 0 aliphatic carbocycles. The molecule has 0 bridgehead atoms. The largest absolute Gasteiger partial charge is 0.328 e. The molecule has 0 radical (unpaired) electrons. The minimum atomic E-state index is 0.243. The van der Waals surface area contributed by atoms with Crippen LogP contribution in [-0.4, -0.2) is 11.0 Å². The fourth-order valence-corrected chi connectivity index (χ4v) is 1.51. The second-order valence-corrected chi connectivity index (χ2v) is 3.84. The van der Waals surface area contributed by atoms with Gasteiger partial charge in [-0.1, -0.05) is 11.6 Å². The minimum absolute atomic E-state index is 0.243. The van der Waals surface area contributed by atoms with Gasteiger partial charge in [0.25, 0.3) is 0 Å². The molecule has 1 rings (SSSR count). The first-order valence-corrected chi connectivity index (χ1v) is 4.84. The van der Waals surface area contributed by atoms with Crippen molar-refractivity contribution in [3.8, 4) is 0 Å². The fraction of sp³-hybridized carbons (Fsp3) is 0.500. The van der Waals surface area contributed by atoms with Crippen LogP contribution in [0.5, 0.6) is 0 Å². The molecule has 0 aromatic carbocycles. The predicted molar refractivity (Wildman–Crippen MR) is 56.0 cm³/mol. The molecule has 1 aromatic rings. The van der Waals surface area contributed by atoms with Gasteiger partial charge in [0.05, 0.1) is 0 Å². The van der Waals surface area contributed by atoms with Crippen molar-refractivity contribution in [1.29, 1.82) is 0 Å². The molecular formula is C10H15ClN2. The molecule has 3 heteroatoms. The third-order valence-corrected chi connectivity index (χ3v) is 2.06. The highest BCUT2D eigenvalue weighted by atomic mass is 35.5. The Morgan fingerprint density at radius 1 is 1.54 bits per heavy atom. The Balaban J connectivity index is 2.66. The smallest absolute Gasteiger partial charge is 0.129 e. The van der Waals surface area contributed by atoms with Crippen LogP contribution in [0.4, 0.5) is 0 Å². The highest BCUT2D eigenvalue weighted by Gasteiger charge is 2.00. The van der Waals surface area contributed by atoms with Crippen LogP contribution >= 0.6 is 11.6 Å². The minimum Gasteiger partial charge on any atom is -0.328 e. The van der Waals surface area contributed by atoms with E-state index in [1.165, 1.54) is 5.56 Å². The van der Waals surface area contributed by atoms with E-state index in [9.17, 15) is 0 Å². The van der Waals surface area contributed by atoms with E-state index in [0.29, 0.717) is 5.15 Å². The number of hydrogen-bond donors (Lipinski definition) is 1. The van der Waals surface area contributed by atoms with E-state index in [2.05, 4.69) is 4.98 Å². The van der Waals surface area contributed by atoms with Crippen molar-refractivity contribution in [2.75, 3.05) is 0 Å². The quantitative estimate of drug-likeness (QED) is 0.758. The maximum absolute atomic E-state index is 5.82. The number of aromatic nitrogens is 1. The standard InChI is InChI=1S/C10H15ClN2/c1-7(12)3-4-9-5-8(2)13-10(11)6-9/h5-7H,3-4,12H2,1-2H3/t7-/m1/s1. The van der Waals surface area contributed by atoms with Crippen LogP contribution in [0, 0.1) is 6.92 Å². The Hall–Kier alpha value is -0.600. The zero-order chi connectivity index (χ0) is 9.84. The molecular weight excluding hydrogens is 184 g/mol. The molecule has 1 aromatic heterocycles. The number of rotatable bonds is 3. The fourth-order valence-electron chi connectivity index (χ4n) is 1.23. The van der Waals surface area contributed by atoms with Crippen LogP contribution < -0.4 is 5.73 Å². The van der Waals surface area contributed by atoms with E-state index >= 15 is 0 Å². The van der Waals surface area contributed by atoms with Crippen LogP contribution in [-0.2, 0) is 6.42 Å². The van der Waals surface area contributed by atoms with Crippen molar-refractivity contribution in [2.45, 2.75) is 32.7 Å². The molecule has 0 unspecified atom stereocenters. The molecule has 0 saturated carbocycles. The van der Waals surface area contributed by atoms with Gasteiger partial charge in [-0.15, -0.1) is 0 Å². The molecule has 13 heavy (non-hydrogen) atoms. The monoisotopic (exact) mass is 198 g/mol. The normalized spacial score (nSPS) is 12.9. The van der Waals surface area contributed by atoms with Crippen LogP contribution in [0.15, 0.2) is 12.1 Å². The zero-order valence-electron chi connectivity index (χ0n) is 8.05. The van der Waals surface area contributed by atoms with Crippen molar-refractivity contribution in [2.24, 2.45) is 5.73 Å². The number of pyridine rings is 1. The summed E-state index contributed by atoms with van der Waals surface area (Å²) in [6.07, 6.45) is 1.96. The van der Waals surface area contributed by atoms with Crippen LogP contribution in [0.3, 0.4) is 0 Å². The lowest BCUT2D eigenvalue weighted by Crippen LogP contribution is -2.15. The summed E-state index contributed by atoms with van der Waals surface area (Å²) in [5, 5.41) is 0.569. The van der Waals surface area contributed by atoms with E-state index in [1.807, 2.05) is 26.0 Å². The second-order valence-electron chi connectivity index (χ2n) is 3.46. The summed E-state index contributed by atoms with van der Waals surface area (Å²) in [6, 6.07) is 4.19. The van der Waals surface area contributed by atoms with Gasteiger partial charge in [0.15, 0.2) is 0 Å². The topological polar surface area (TPSA) is 38.9 Å². The number of nitrogens with zero attached hydrogens (tertiary/aromatic N) is 1. The van der Waals surface area contributed by atoms with E-state index in [4.69, 9.17) is 17.3 Å². The van der Waals surface area contributed by atoms with Gasteiger partial charge in [-0.3, -0.25) is 0 Å². The molecule has 0 spiro atoms. The van der Waals surface area contributed by atoms with Gasteiger partial charge >= 0.3 is 0 Å². The molecule has 0 aliphatic heterocycles. The summed E-state index contributed by atoms with van der Waals surface area (Å²) in [6.45, 7) is 3.96. The first-order valence-electron chi connectivity index (χ1n) is 4.46. The first-order chi connectivity index (χ1) is 6.08. The van der Waals surface area contributed by atoms with Crippen molar-refractivity contribution >= 4 is 11.6 Å². The Bertz CT molecular complexity index is 264. The lowest BCUT2D eigenvalue weighted by atomic mass is 10.1. The van der Waals surface area contributed by atoms with E-state index < -0.39 is 0 Å². The van der Waals surface area contributed by atoms with Gasteiger partial charge in [0.1, 0.15) is 5.15 Å². The van der Waals surface area contributed by atoms with Crippen LogP contribution in [0.1, 0.15) is 24.6 Å². The number of nitrogens with two attached hydrogens (primary N) is 1. The Kier molecular flexibility index (Phi) is 3.70. The Morgan fingerprint density at radius 2 is 2.23 bits per heavy atom. The van der Waals surface area contributed by atoms with Gasteiger partial charge in [0, 0.05) is 11.7 Å². The highest BCUT2D eigenvalue weighted by molar-refractivity contribution is 6.29. The Labute approximate surface area is 84.1 Å². The highest BCUT2D eigenvalue weighted by Crippen LogP contribution is 2.12. The average molecular weight is 199 g/mol. The van der Waals surface area contributed by atoms with E-state index in [0.717, 1.165) is 18.5 Å². The maximum Gasteiger partial charge on any atom is 0.129 e. The molecule has 0 amide bonds. The molecule has 72 valence electrons. The van der Waals surface area contributed by atoms with Crippen molar-refractivity contribution in [1.82, 2.24) is 4.98 Å². The predicted octanol–water partition coefficient (Wildman–Crippen LogP) is 2.32. The summed E-state index contributed by atoms with van der Waals surface area (Å²) in [5.74, 6) is 0. The van der Waals surface area contributed by atoms with Crippen LogP contribution in [0.2, 0.25) is 5.15 Å². The summed E-state index contributed by atoms with van der Waals surface area (Å²) in [4.78, 5) is 4.10. The zero-order valence-corrected chi connectivity index (χ0v) is 8.80. The molecule has 2 nitrogen and oxygen atoms in total. The second kappa shape index (κ2) is 4.58. The van der Waals surface area contributed by atoms with Crippen molar-refractivity contribution in [3.63, 3.8) is 0 Å². The third-order valence-electron chi connectivity index (χ3n) is 1.87. The molecule has 0 aliphatic rings. The van der Waals surface area contributed by atoms with E-state index in [-0.39, 0.29) is 6.04 Å². The van der Waals surface area contributed by atoms with Gasteiger partial charge in [0.2, 0.25) is 0 Å². The lowest BCUT2D eigenvalue weighted by molar-refractivity contribution is 0.665. The molecule has 0 saturated heterocycles. The number of aryl methyl sites for hydroxylation is 2. The molecule has 0 fully saturated rings. The van der Waals surface area contributed by atoms with Crippen molar-refractivity contribution in [3.05, 3.63) is 28.5 Å². The summed E-state index contributed by atoms with van der Waals surface area (Å²) in [5.41, 5.74) is 7.85. The molecule has 1 atom stereocenters. The lowest BCUT2D eigenvalue weighted by Gasteiger charge is -2.05. The van der Waals surface area contributed by atoms with Gasteiger partial charge in [-0.05, 0) is 44.4 Å². The summed E-state index contributed by atoms with van der Waals surface area (Å²) in [7, 11) is 0. The number of hydrogen-bond acceptors (Lipinski definition) is 2. The Morgan fingerprint density at radius 3 is 2.77 bits per heavy atom. The summed E-state index contributed by atoms with van der Waals surface area (Å²) < 4.78 is 0. The van der Waals surface area contributed by atoms with Crippen LogP contribution in [0.25, 0.3) is 0 Å². The van der Waals surface area contributed by atoms with Gasteiger partial charge in [-0.25, -0.2) is 4.98 Å². The SMILES string of the molecule is Cc1cc(CC[C@@H](C)N)cc(Cl)n1. The van der Waals surface area contributed by atoms with Gasteiger partial charge in [-0.2, -0.15) is 0 Å². The maximum atomic E-state index is 5.82. The van der Waals surface area contributed by atoms with Gasteiger partial charge < -0.3 is 5.73 Å². The first kappa shape index (κ1) is 10.5. The third kappa shape index (κ3) is 3.75. The molecule has 2 N–H and O–H groups in total. The average Bonchev–Trinajstić information content (AvgIpc) is 1.99. The van der Waals surface area contributed by atoms with Crippen molar-refractivity contribution < 1.29 is 0 Å². The molecule has 1 heterocycles. The van der Waals surface area contributed by atoms with E-state index in [1.54, 1.807) is 0 Å². The number of halogens is 1.